The minimum atomic E-state index is 0.181. The van der Waals surface area contributed by atoms with Gasteiger partial charge in [-0.1, -0.05) is 16.8 Å². The van der Waals surface area contributed by atoms with Crippen LogP contribution >= 0.6 is 11.6 Å². The number of fused-ring (bicyclic) bond motifs is 1. The molecule has 2 heterocycles. The van der Waals surface area contributed by atoms with Crippen LogP contribution in [0.1, 0.15) is 11.5 Å². The lowest BCUT2D eigenvalue weighted by atomic mass is 10.2. The van der Waals surface area contributed by atoms with Gasteiger partial charge in [-0.15, -0.1) is 0 Å². The standard InChI is InChI=1S/C17H13ClN2O4/c1-10-6-12(18)3-5-13(10)21-8-16-19-17(20-24-16)11-2-4-14-15(7-11)23-9-22-14/h2-7H,8-9H2,1H3. The molecule has 0 atom stereocenters. The molecule has 7 heteroatoms. The lowest BCUT2D eigenvalue weighted by Crippen LogP contribution is -1.97. The molecule has 0 unspecified atom stereocenters. The average molecular weight is 345 g/mol. The van der Waals surface area contributed by atoms with Crippen molar-refractivity contribution >= 4 is 11.6 Å². The molecule has 1 aliphatic heterocycles. The van der Waals surface area contributed by atoms with Crippen LogP contribution in [-0.2, 0) is 6.61 Å². The third kappa shape index (κ3) is 2.88. The second kappa shape index (κ2) is 6.05. The molecular formula is C17H13ClN2O4. The van der Waals surface area contributed by atoms with Gasteiger partial charge in [0.25, 0.3) is 5.89 Å². The molecule has 0 saturated heterocycles. The Morgan fingerprint density at radius 2 is 2.00 bits per heavy atom. The van der Waals surface area contributed by atoms with Gasteiger partial charge in [0.2, 0.25) is 12.6 Å². The SMILES string of the molecule is Cc1cc(Cl)ccc1OCc1nc(-c2ccc3c(c2)OCO3)no1. The molecule has 0 aliphatic carbocycles. The van der Waals surface area contributed by atoms with Gasteiger partial charge < -0.3 is 18.7 Å². The third-order valence-corrected chi connectivity index (χ3v) is 3.82. The number of ether oxygens (including phenoxy) is 3. The molecule has 6 nitrogen and oxygen atoms in total. The quantitative estimate of drug-likeness (QED) is 0.712. The number of hydrogen-bond donors (Lipinski definition) is 0. The van der Waals surface area contributed by atoms with Crippen LogP contribution in [-0.4, -0.2) is 16.9 Å². The largest absolute Gasteiger partial charge is 0.483 e. The topological polar surface area (TPSA) is 66.6 Å². The van der Waals surface area contributed by atoms with E-state index in [-0.39, 0.29) is 13.4 Å². The van der Waals surface area contributed by atoms with E-state index >= 15 is 0 Å². The second-order valence-corrected chi connectivity index (χ2v) is 5.71. The van der Waals surface area contributed by atoms with Gasteiger partial charge in [0.05, 0.1) is 0 Å². The van der Waals surface area contributed by atoms with E-state index in [0.29, 0.717) is 28.2 Å². The minimum Gasteiger partial charge on any atom is -0.483 e. The van der Waals surface area contributed by atoms with Crippen LogP contribution < -0.4 is 14.2 Å². The number of aromatic nitrogens is 2. The summed E-state index contributed by atoms with van der Waals surface area (Å²) in [6.45, 7) is 2.33. The number of aryl methyl sites for hydroxylation is 1. The maximum Gasteiger partial charge on any atom is 0.264 e. The first-order valence-corrected chi connectivity index (χ1v) is 7.68. The summed E-state index contributed by atoms with van der Waals surface area (Å²) in [6.07, 6.45) is 0. The summed E-state index contributed by atoms with van der Waals surface area (Å²) in [5.74, 6) is 2.97. The molecule has 4 rings (SSSR count). The van der Waals surface area contributed by atoms with Gasteiger partial charge in [-0.25, -0.2) is 0 Å². The molecule has 0 N–H and O–H groups in total. The van der Waals surface area contributed by atoms with Crippen LogP contribution in [0, 0.1) is 6.92 Å². The number of halogens is 1. The molecule has 0 radical (unpaired) electrons. The van der Waals surface area contributed by atoms with E-state index < -0.39 is 0 Å². The van der Waals surface area contributed by atoms with Crippen molar-refractivity contribution in [2.45, 2.75) is 13.5 Å². The van der Waals surface area contributed by atoms with Gasteiger partial charge in [0.1, 0.15) is 5.75 Å². The van der Waals surface area contributed by atoms with Crippen molar-refractivity contribution < 1.29 is 18.7 Å². The summed E-state index contributed by atoms with van der Waals surface area (Å²) in [5, 5.41) is 4.65. The molecule has 122 valence electrons. The molecule has 0 amide bonds. The van der Waals surface area contributed by atoms with E-state index in [2.05, 4.69) is 10.1 Å². The normalized spacial score (nSPS) is 12.4. The Kier molecular flexibility index (Phi) is 3.74. The van der Waals surface area contributed by atoms with Gasteiger partial charge in [-0.05, 0) is 48.9 Å². The fourth-order valence-electron chi connectivity index (χ4n) is 2.38. The Labute approximate surface area is 142 Å². The fraction of sp³-hybridized carbons (Fsp3) is 0.176. The van der Waals surface area contributed by atoms with Crippen LogP contribution in [0.3, 0.4) is 0 Å². The Balaban J connectivity index is 1.48. The Morgan fingerprint density at radius 1 is 1.12 bits per heavy atom. The average Bonchev–Trinajstić information content (AvgIpc) is 3.22. The zero-order chi connectivity index (χ0) is 16.5. The lowest BCUT2D eigenvalue weighted by molar-refractivity contribution is 0.174. The first-order valence-electron chi connectivity index (χ1n) is 7.30. The molecule has 2 aromatic carbocycles. The summed E-state index contributed by atoms with van der Waals surface area (Å²) in [5.41, 5.74) is 1.73. The summed E-state index contributed by atoms with van der Waals surface area (Å²) in [6, 6.07) is 10.9. The van der Waals surface area contributed by atoms with E-state index in [1.54, 1.807) is 6.07 Å². The number of nitrogens with zero attached hydrogens (tertiary/aromatic N) is 2. The molecular weight excluding hydrogens is 332 g/mol. The first-order chi connectivity index (χ1) is 11.7. The van der Waals surface area contributed by atoms with Crippen molar-refractivity contribution in [1.29, 1.82) is 0 Å². The maximum absolute atomic E-state index is 5.93. The van der Waals surface area contributed by atoms with Crippen molar-refractivity contribution in [1.82, 2.24) is 10.1 Å². The second-order valence-electron chi connectivity index (χ2n) is 5.28. The lowest BCUT2D eigenvalue weighted by Gasteiger charge is -2.06. The van der Waals surface area contributed by atoms with Crippen molar-refractivity contribution in [3.63, 3.8) is 0 Å². The van der Waals surface area contributed by atoms with Gasteiger partial charge in [0, 0.05) is 10.6 Å². The summed E-state index contributed by atoms with van der Waals surface area (Å²) in [7, 11) is 0. The van der Waals surface area contributed by atoms with Crippen LogP contribution in [0.25, 0.3) is 11.4 Å². The Bertz CT molecular complexity index is 894. The fourth-order valence-corrected chi connectivity index (χ4v) is 2.61. The van der Waals surface area contributed by atoms with Crippen LogP contribution in [0.2, 0.25) is 5.02 Å². The van der Waals surface area contributed by atoms with Crippen LogP contribution in [0.5, 0.6) is 17.2 Å². The Hall–Kier alpha value is -2.73. The molecule has 1 aromatic heterocycles. The first kappa shape index (κ1) is 14.8. The summed E-state index contributed by atoms with van der Waals surface area (Å²) in [4.78, 5) is 4.34. The van der Waals surface area contributed by atoms with Crippen LogP contribution in [0.4, 0.5) is 0 Å². The highest BCUT2D eigenvalue weighted by Gasteiger charge is 2.16. The number of hydrogen-bond acceptors (Lipinski definition) is 6. The molecule has 1 aliphatic rings. The van der Waals surface area contributed by atoms with E-state index in [1.807, 2.05) is 37.3 Å². The summed E-state index contributed by atoms with van der Waals surface area (Å²) < 4.78 is 21.6. The number of benzene rings is 2. The molecule has 0 bridgehead atoms. The monoisotopic (exact) mass is 344 g/mol. The minimum absolute atomic E-state index is 0.181. The van der Waals surface area contributed by atoms with E-state index in [1.165, 1.54) is 0 Å². The van der Waals surface area contributed by atoms with Gasteiger partial charge in [-0.3, -0.25) is 0 Å². The molecule has 0 saturated carbocycles. The number of rotatable bonds is 4. The highest BCUT2D eigenvalue weighted by atomic mass is 35.5. The van der Waals surface area contributed by atoms with Crippen molar-refractivity contribution in [3.05, 3.63) is 52.9 Å². The van der Waals surface area contributed by atoms with Gasteiger partial charge >= 0.3 is 0 Å². The van der Waals surface area contributed by atoms with E-state index in [0.717, 1.165) is 16.9 Å². The van der Waals surface area contributed by atoms with E-state index in [4.69, 9.17) is 30.3 Å². The zero-order valence-electron chi connectivity index (χ0n) is 12.8. The van der Waals surface area contributed by atoms with Crippen molar-refractivity contribution in [2.24, 2.45) is 0 Å². The van der Waals surface area contributed by atoms with Gasteiger partial charge in [0.15, 0.2) is 18.1 Å². The maximum atomic E-state index is 5.93. The van der Waals surface area contributed by atoms with Crippen LogP contribution in [0.15, 0.2) is 40.9 Å². The highest BCUT2D eigenvalue weighted by Crippen LogP contribution is 2.35. The van der Waals surface area contributed by atoms with Crippen molar-refractivity contribution in [3.8, 4) is 28.6 Å². The van der Waals surface area contributed by atoms with Gasteiger partial charge in [-0.2, -0.15) is 4.98 Å². The predicted octanol–water partition coefficient (Wildman–Crippen LogP) is 4.01. The predicted molar refractivity (Wildman–Crippen MR) is 86.4 cm³/mol. The highest BCUT2D eigenvalue weighted by molar-refractivity contribution is 6.30. The third-order valence-electron chi connectivity index (χ3n) is 3.59. The summed E-state index contributed by atoms with van der Waals surface area (Å²) >= 11 is 5.93. The molecule has 24 heavy (non-hydrogen) atoms. The smallest absolute Gasteiger partial charge is 0.264 e. The molecule has 3 aromatic rings. The van der Waals surface area contributed by atoms with E-state index in [9.17, 15) is 0 Å². The Morgan fingerprint density at radius 3 is 2.88 bits per heavy atom. The zero-order valence-corrected chi connectivity index (χ0v) is 13.5. The molecule has 0 spiro atoms. The van der Waals surface area contributed by atoms with Crippen molar-refractivity contribution in [2.75, 3.05) is 6.79 Å². The molecule has 0 fully saturated rings.